The van der Waals surface area contributed by atoms with Gasteiger partial charge >= 0.3 is 0 Å². The van der Waals surface area contributed by atoms with Gasteiger partial charge < -0.3 is 31.0 Å². The number of hydrazone groups is 3. The third-order valence-corrected chi connectivity index (χ3v) is 19.9. The summed E-state index contributed by atoms with van der Waals surface area (Å²) in [6.07, 6.45) is 17.4. The number of hydrogen-bond acceptors (Lipinski definition) is 17. The second-order valence-electron chi connectivity index (χ2n) is 25.8. The summed E-state index contributed by atoms with van der Waals surface area (Å²) in [6, 6.07) is 13.3. The van der Waals surface area contributed by atoms with Crippen molar-refractivity contribution in [1.82, 2.24) is 44.9 Å². The molecule has 490 valence electrons. The number of amides is 5. The van der Waals surface area contributed by atoms with E-state index in [1.54, 1.807) is 36.8 Å². The molecule has 3 saturated carbocycles. The topological polar surface area (TPSA) is 276 Å². The average molecular weight is 1300 g/mol. The molecule has 6 unspecified atom stereocenters. The normalized spacial score (nSPS) is 23.6. The van der Waals surface area contributed by atoms with Crippen molar-refractivity contribution in [2.75, 3.05) is 54.0 Å². The molecule has 95 heavy (non-hydrogen) atoms. The van der Waals surface area contributed by atoms with E-state index in [0.717, 1.165) is 56.7 Å². The summed E-state index contributed by atoms with van der Waals surface area (Å²) in [5.41, 5.74) is 11.6. The van der Waals surface area contributed by atoms with Crippen LogP contribution >= 0.6 is 0 Å². The number of hydrogen-bond donors (Lipinski definition) is 2. The van der Waals surface area contributed by atoms with E-state index < -0.39 is 64.8 Å². The van der Waals surface area contributed by atoms with Gasteiger partial charge in [-0.2, -0.15) is 20.3 Å². The van der Waals surface area contributed by atoms with Crippen LogP contribution in [0.1, 0.15) is 133 Å². The van der Waals surface area contributed by atoms with E-state index in [1.165, 1.54) is 70.4 Å². The SMILES string of the molecule is NC(=O)c1cc(N2CCC(C(=O)N3N=CCC3c3cc(F)cc(F)c3)C3(CC3)C2)ncn1.NC(=O)c1cc(N2CCC(C(=O)N3N=CCC3c3cc(F)cc(F)c3)C3(CC3)C2)ncn1.[C-]#[N+]c1cc(N2CCC(C(=O)N3N=CCC3c3cc(F)cc(F)c3)C3(CC3)C2)ncn1. The van der Waals surface area contributed by atoms with Crippen molar-refractivity contribution in [2.24, 2.45) is 60.8 Å². The van der Waals surface area contributed by atoms with Gasteiger partial charge in [-0.1, -0.05) is 6.57 Å². The van der Waals surface area contributed by atoms with Gasteiger partial charge in [0.05, 0.1) is 18.1 Å². The number of halogens is 6. The Kier molecular flexibility index (Phi) is 17.1. The van der Waals surface area contributed by atoms with Crippen molar-refractivity contribution in [2.45, 2.75) is 95.2 Å². The Hall–Kier alpha value is -10.3. The van der Waals surface area contributed by atoms with Gasteiger partial charge in [0, 0.05) is 131 Å². The Morgan fingerprint density at radius 3 is 1.00 bits per heavy atom. The van der Waals surface area contributed by atoms with Crippen molar-refractivity contribution in [3.8, 4) is 0 Å². The molecule has 5 amide bonds. The standard InChI is InChI=1S/2C22H22F2N6O2.C22H20F2N6O/c2*23-14-7-13(8-15(24)9-14)18-1-5-28-30(18)21(32)16-2-6-29(11-22(16)3-4-22)19-10-17(20(25)31)26-12-27-19;1-25-19-11-20(27-13-26-19)29-7-3-17(22(12-29)4-5-22)21(31)30-18(2-6-28-30)14-8-15(23)10-16(24)9-14/h2*5,7-10,12,16,18H,1-4,6,11H2,(H2,25,31);6,8-11,13,17-18H,2-5,7,12H2. The summed E-state index contributed by atoms with van der Waals surface area (Å²) < 4.78 is 82.5. The molecular formula is C66H64F6N18O5. The van der Waals surface area contributed by atoms with E-state index in [1.807, 2.05) is 0 Å². The van der Waals surface area contributed by atoms with Gasteiger partial charge in [-0.15, -0.1) is 4.98 Å². The molecule has 3 aromatic carbocycles. The summed E-state index contributed by atoms with van der Waals surface area (Å²) in [7, 11) is 0. The first-order chi connectivity index (χ1) is 45.7. The van der Waals surface area contributed by atoms with Crippen LogP contribution in [0, 0.1) is 75.5 Å². The maximum Gasteiger partial charge on any atom is 0.274 e. The Balaban J connectivity index is 0.000000129. The highest BCUT2D eigenvalue weighted by Crippen LogP contribution is 2.60. The van der Waals surface area contributed by atoms with Crippen LogP contribution < -0.4 is 26.2 Å². The van der Waals surface area contributed by atoms with Crippen LogP contribution in [0.25, 0.3) is 4.85 Å². The van der Waals surface area contributed by atoms with Gasteiger partial charge in [-0.05, 0) is 127 Å². The molecule has 3 saturated heterocycles. The molecule has 9 heterocycles. The van der Waals surface area contributed by atoms with E-state index in [0.29, 0.717) is 118 Å². The lowest BCUT2D eigenvalue weighted by Crippen LogP contribution is -2.48. The number of carbonyl (C=O) groups is 5. The number of rotatable bonds is 11. The molecule has 4 N–H and O–H groups in total. The molecule has 6 fully saturated rings. The number of benzene rings is 3. The first-order valence-electron chi connectivity index (χ1n) is 31.3. The fraction of sp³-hybridized carbons (Fsp3) is 0.409. The Bertz CT molecular complexity index is 3940. The molecule has 15 rings (SSSR count). The van der Waals surface area contributed by atoms with Crippen molar-refractivity contribution < 1.29 is 50.3 Å². The highest BCUT2D eigenvalue weighted by molar-refractivity contribution is 5.92. The molecule has 0 bridgehead atoms. The Morgan fingerprint density at radius 2 is 0.716 bits per heavy atom. The lowest BCUT2D eigenvalue weighted by molar-refractivity contribution is -0.141. The van der Waals surface area contributed by atoms with Crippen LogP contribution in [0.4, 0.5) is 49.6 Å². The predicted octanol–water partition coefficient (Wildman–Crippen LogP) is 8.71. The van der Waals surface area contributed by atoms with Gasteiger partial charge in [0.1, 0.15) is 76.4 Å². The van der Waals surface area contributed by atoms with Crippen LogP contribution in [0.3, 0.4) is 0 Å². The molecule has 29 heteroatoms. The molecule has 3 aromatic heterocycles. The van der Waals surface area contributed by atoms with Crippen LogP contribution in [0.5, 0.6) is 0 Å². The maximum absolute atomic E-state index is 13.8. The largest absolute Gasteiger partial charge is 0.364 e. The predicted molar refractivity (Wildman–Crippen MR) is 333 cm³/mol. The number of anilines is 3. The Morgan fingerprint density at radius 1 is 0.421 bits per heavy atom. The van der Waals surface area contributed by atoms with Crippen molar-refractivity contribution in [3.05, 3.63) is 166 Å². The minimum absolute atomic E-state index is 0.0925. The maximum atomic E-state index is 13.8. The lowest BCUT2D eigenvalue weighted by atomic mass is 9.81. The fourth-order valence-electron chi connectivity index (χ4n) is 14.6. The van der Waals surface area contributed by atoms with E-state index in [2.05, 4.69) is 64.8 Å². The summed E-state index contributed by atoms with van der Waals surface area (Å²) in [6.45, 7) is 10.8. The van der Waals surface area contributed by atoms with Gasteiger partial charge in [-0.3, -0.25) is 24.0 Å². The van der Waals surface area contributed by atoms with Crippen LogP contribution in [-0.4, -0.2) is 132 Å². The summed E-state index contributed by atoms with van der Waals surface area (Å²) in [5.74, 6) is -4.07. The van der Waals surface area contributed by atoms with Gasteiger partial charge in [0.15, 0.2) is 0 Å². The number of carbonyl (C=O) groups excluding carboxylic acids is 5. The average Bonchev–Trinajstić information content (AvgIpc) is 1.60. The van der Waals surface area contributed by atoms with Crippen LogP contribution in [0.2, 0.25) is 0 Å². The molecule has 6 aromatic rings. The van der Waals surface area contributed by atoms with Crippen molar-refractivity contribution in [3.63, 3.8) is 0 Å². The minimum Gasteiger partial charge on any atom is -0.364 e. The highest BCUT2D eigenvalue weighted by Gasteiger charge is 2.59. The fourth-order valence-corrected chi connectivity index (χ4v) is 14.6. The van der Waals surface area contributed by atoms with E-state index in [-0.39, 0.29) is 63.1 Å². The third kappa shape index (κ3) is 13.1. The molecule has 6 atom stereocenters. The summed E-state index contributed by atoms with van der Waals surface area (Å²) >= 11 is 0. The quantitative estimate of drug-likeness (QED) is 0.0907. The highest BCUT2D eigenvalue weighted by atomic mass is 19.2. The molecular weight excluding hydrogens is 1240 g/mol. The summed E-state index contributed by atoms with van der Waals surface area (Å²) in [4.78, 5) is 97.6. The summed E-state index contributed by atoms with van der Waals surface area (Å²) in [5, 5.41) is 17.0. The molecule has 6 aliphatic heterocycles. The molecule has 23 nitrogen and oxygen atoms in total. The number of nitrogens with zero attached hydrogens (tertiary/aromatic N) is 16. The zero-order valence-electron chi connectivity index (χ0n) is 51.2. The number of piperidine rings is 3. The Labute approximate surface area is 540 Å². The van der Waals surface area contributed by atoms with Gasteiger partial charge in [-0.25, -0.2) is 61.3 Å². The zero-order valence-corrected chi connectivity index (χ0v) is 51.2. The second-order valence-corrected chi connectivity index (χ2v) is 25.8. The zero-order chi connectivity index (χ0) is 66.5. The van der Waals surface area contributed by atoms with E-state index in [9.17, 15) is 50.3 Å². The molecule has 3 spiro atoms. The lowest BCUT2D eigenvalue weighted by Gasteiger charge is -2.40. The molecule has 9 aliphatic rings. The monoisotopic (exact) mass is 1300 g/mol. The third-order valence-electron chi connectivity index (χ3n) is 19.9. The van der Waals surface area contributed by atoms with Crippen LogP contribution in [-0.2, 0) is 14.4 Å². The smallest absolute Gasteiger partial charge is 0.274 e. The van der Waals surface area contributed by atoms with Crippen molar-refractivity contribution >= 4 is 71.5 Å². The molecule has 3 aliphatic carbocycles. The number of nitrogens with two attached hydrogens (primary N) is 2. The van der Waals surface area contributed by atoms with E-state index >= 15 is 0 Å². The number of primary amides is 2. The van der Waals surface area contributed by atoms with Gasteiger partial charge in [0.2, 0.25) is 24.0 Å². The second kappa shape index (κ2) is 25.6. The first-order valence-corrected chi connectivity index (χ1v) is 31.3. The number of aromatic nitrogens is 6. The minimum atomic E-state index is -0.675. The van der Waals surface area contributed by atoms with Gasteiger partial charge in [0.25, 0.3) is 17.6 Å². The first kappa shape index (κ1) is 63.5. The van der Waals surface area contributed by atoms with E-state index in [4.69, 9.17) is 18.0 Å². The van der Waals surface area contributed by atoms with Crippen LogP contribution in [0.15, 0.2) is 107 Å². The van der Waals surface area contributed by atoms with Crippen molar-refractivity contribution in [1.29, 1.82) is 0 Å². The molecule has 0 radical (unpaired) electrons.